The second-order valence-electron chi connectivity index (χ2n) is 4.49. The van der Waals surface area contributed by atoms with E-state index < -0.39 is 9.26 Å². The van der Waals surface area contributed by atoms with Crippen molar-refractivity contribution in [3.05, 3.63) is 33.9 Å². The molecule has 1 aromatic carbocycles. The molecule has 1 amide bonds. The number of alkyl halides is 2. The SMILES string of the molecule is CC.CC.Cc1cc(N2CCCC(Cl)(Cl)C2=O)ccc1[N+](=O)[O-]. The van der Waals surface area contributed by atoms with Gasteiger partial charge in [-0.3, -0.25) is 14.9 Å². The van der Waals surface area contributed by atoms with Crippen molar-refractivity contribution in [2.24, 2.45) is 0 Å². The largest absolute Gasteiger partial charge is 0.310 e. The number of carbonyl (C=O) groups excluding carboxylic acids is 1. The standard InChI is InChI=1S/C12H12Cl2N2O3.2C2H6/c1-8-7-9(3-4-10(8)16(18)19)15-6-2-5-12(13,14)11(15)17;2*1-2/h3-4,7H,2,5-6H2,1H3;2*1-2H3. The number of nitrogens with zero attached hydrogens (tertiary/aromatic N) is 2. The maximum Gasteiger partial charge on any atom is 0.272 e. The van der Waals surface area contributed by atoms with E-state index in [0.717, 1.165) is 0 Å². The number of aryl methyl sites for hydroxylation is 1. The number of anilines is 1. The second-order valence-corrected chi connectivity index (χ2v) is 5.98. The first-order valence-corrected chi connectivity index (χ1v) is 8.53. The average molecular weight is 363 g/mol. The number of rotatable bonds is 2. The highest BCUT2D eigenvalue weighted by molar-refractivity contribution is 6.59. The molecule has 1 heterocycles. The minimum atomic E-state index is -1.41. The van der Waals surface area contributed by atoms with Crippen LogP contribution in [0.25, 0.3) is 0 Å². The summed E-state index contributed by atoms with van der Waals surface area (Å²) in [6.07, 6.45) is 1.10. The summed E-state index contributed by atoms with van der Waals surface area (Å²) in [5.74, 6) is -0.379. The van der Waals surface area contributed by atoms with Crippen molar-refractivity contribution in [3.8, 4) is 0 Å². The summed E-state index contributed by atoms with van der Waals surface area (Å²) in [5.41, 5.74) is 1.10. The van der Waals surface area contributed by atoms with Gasteiger partial charge in [0.1, 0.15) is 0 Å². The van der Waals surface area contributed by atoms with Crippen LogP contribution in [0.1, 0.15) is 46.1 Å². The van der Waals surface area contributed by atoms with Gasteiger partial charge in [0.15, 0.2) is 4.33 Å². The van der Waals surface area contributed by atoms with Crippen LogP contribution in [0.2, 0.25) is 0 Å². The van der Waals surface area contributed by atoms with E-state index in [1.807, 2.05) is 27.7 Å². The summed E-state index contributed by atoms with van der Waals surface area (Å²) < 4.78 is -1.41. The molecule has 5 nitrogen and oxygen atoms in total. The molecule has 7 heteroatoms. The highest BCUT2D eigenvalue weighted by Gasteiger charge is 2.41. The Kier molecular flexibility index (Phi) is 9.17. The van der Waals surface area contributed by atoms with E-state index in [0.29, 0.717) is 30.6 Å². The summed E-state index contributed by atoms with van der Waals surface area (Å²) >= 11 is 11.9. The van der Waals surface area contributed by atoms with Crippen LogP contribution >= 0.6 is 23.2 Å². The Morgan fingerprint density at radius 3 is 2.26 bits per heavy atom. The molecule has 0 bridgehead atoms. The fourth-order valence-corrected chi connectivity index (χ4v) is 2.60. The minimum absolute atomic E-state index is 0.0243. The fourth-order valence-electron chi connectivity index (χ4n) is 2.12. The van der Waals surface area contributed by atoms with Gasteiger partial charge in [-0.05, 0) is 31.9 Å². The lowest BCUT2D eigenvalue weighted by molar-refractivity contribution is -0.385. The Balaban J connectivity index is 0.00000112. The number of hydrogen-bond acceptors (Lipinski definition) is 3. The van der Waals surface area contributed by atoms with Crippen LogP contribution in [0.4, 0.5) is 11.4 Å². The van der Waals surface area contributed by atoms with Crippen LogP contribution in [-0.2, 0) is 4.79 Å². The number of carbonyl (C=O) groups is 1. The lowest BCUT2D eigenvalue weighted by Crippen LogP contribution is -2.47. The monoisotopic (exact) mass is 362 g/mol. The van der Waals surface area contributed by atoms with Gasteiger partial charge in [0.05, 0.1) is 4.92 Å². The van der Waals surface area contributed by atoms with Crippen LogP contribution in [0.5, 0.6) is 0 Å². The first kappa shape index (κ1) is 21.7. The number of piperidine rings is 1. The van der Waals surface area contributed by atoms with Crippen molar-refractivity contribution >= 4 is 40.5 Å². The van der Waals surface area contributed by atoms with E-state index in [-0.39, 0.29) is 11.6 Å². The van der Waals surface area contributed by atoms with Crippen molar-refractivity contribution in [1.82, 2.24) is 0 Å². The zero-order chi connectivity index (χ0) is 18.2. The number of halogens is 2. The van der Waals surface area contributed by atoms with Gasteiger partial charge >= 0.3 is 0 Å². The minimum Gasteiger partial charge on any atom is -0.310 e. The van der Waals surface area contributed by atoms with Crippen LogP contribution in [0.15, 0.2) is 18.2 Å². The van der Waals surface area contributed by atoms with E-state index in [9.17, 15) is 14.9 Å². The fraction of sp³-hybridized carbons (Fsp3) is 0.562. The van der Waals surface area contributed by atoms with Crippen molar-refractivity contribution in [2.45, 2.75) is 51.8 Å². The zero-order valence-corrected chi connectivity index (χ0v) is 15.7. The number of benzene rings is 1. The Hall–Kier alpha value is -1.33. The lowest BCUT2D eigenvalue weighted by Gasteiger charge is -2.34. The van der Waals surface area contributed by atoms with Gasteiger partial charge in [-0.1, -0.05) is 50.9 Å². The van der Waals surface area contributed by atoms with Crippen molar-refractivity contribution < 1.29 is 9.72 Å². The topological polar surface area (TPSA) is 63.5 Å². The van der Waals surface area contributed by atoms with Crippen LogP contribution in [0, 0.1) is 17.0 Å². The highest BCUT2D eigenvalue weighted by Crippen LogP contribution is 2.36. The van der Waals surface area contributed by atoms with E-state index in [2.05, 4.69) is 0 Å². The van der Waals surface area contributed by atoms with Gasteiger partial charge in [0.25, 0.3) is 11.6 Å². The summed E-state index contributed by atoms with van der Waals surface area (Å²) in [5, 5.41) is 10.8. The number of amides is 1. The van der Waals surface area contributed by atoms with Crippen molar-refractivity contribution in [3.63, 3.8) is 0 Å². The molecule has 2 rings (SSSR count). The quantitative estimate of drug-likeness (QED) is 0.409. The third-order valence-electron chi connectivity index (χ3n) is 3.12. The predicted octanol–water partition coefficient (Wildman–Crippen LogP) is 5.26. The average Bonchev–Trinajstić information content (AvgIpc) is 2.53. The molecule has 0 aliphatic carbocycles. The Morgan fingerprint density at radius 2 is 1.78 bits per heavy atom. The molecule has 1 aromatic rings. The normalized spacial score (nSPS) is 15.8. The molecule has 0 atom stereocenters. The van der Waals surface area contributed by atoms with Gasteiger partial charge in [-0.25, -0.2) is 0 Å². The maximum absolute atomic E-state index is 12.1. The van der Waals surface area contributed by atoms with Gasteiger partial charge in [0.2, 0.25) is 0 Å². The molecule has 0 aromatic heterocycles. The van der Waals surface area contributed by atoms with E-state index in [1.165, 1.54) is 17.0 Å². The van der Waals surface area contributed by atoms with E-state index >= 15 is 0 Å². The third kappa shape index (κ3) is 5.36. The molecule has 23 heavy (non-hydrogen) atoms. The Bertz CT molecular complexity index is 548. The van der Waals surface area contributed by atoms with Gasteiger partial charge in [0, 0.05) is 23.9 Å². The molecule has 0 N–H and O–H groups in total. The molecule has 0 spiro atoms. The van der Waals surface area contributed by atoms with Gasteiger partial charge in [-0.2, -0.15) is 0 Å². The summed E-state index contributed by atoms with van der Waals surface area (Å²) in [4.78, 5) is 23.9. The summed E-state index contributed by atoms with van der Waals surface area (Å²) in [6, 6.07) is 4.53. The maximum atomic E-state index is 12.1. The van der Waals surface area contributed by atoms with E-state index in [4.69, 9.17) is 23.2 Å². The third-order valence-corrected chi connectivity index (χ3v) is 3.82. The number of nitro groups is 1. The molecule has 1 saturated heterocycles. The smallest absolute Gasteiger partial charge is 0.272 e. The van der Waals surface area contributed by atoms with Crippen LogP contribution in [0.3, 0.4) is 0 Å². The van der Waals surface area contributed by atoms with Crippen LogP contribution in [-0.4, -0.2) is 21.7 Å². The summed E-state index contributed by atoms with van der Waals surface area (Å²) in [6.45, 7) is 10.1. The molecule has 0 unspecified atom stereocenters. The molecule has 0 saturated carbocycles. The van der Waals surface area contributed by atoms with Gasteiger partial charge in [-0.15, -0.1) is 0 Å². The van der Waals surface area contributed by atoms with Crippen molar-refractivity contribution in [1.29, 1.82) is 0 Å². The molecule has 1 fully saturated rings. The Morgan fingerprint density at radius 1 is 1.22 bits per heavy atom. The first-order chi connectivity index (χ1) is 10.8. The molecule has 0 radical (unpaired) electrons. The second kappa shape index (κ2) is 9.73. The molecular weight excluding hydrogens is 339 g/mol. The number of hydrogen-bond donors (Lipinski definition) is 0. The predicted molar refractivity (Wildman–Crippen MR) is 96.6 cm³/mol. The van der Waals surface area contributed by atoms with Crippen LogP contribution < -0.4 is 4.90 Å². The lowest BCUT2D eigenvalue weighted by atomic mass is 10.1. The summed E-state index contributed by atoms with van der Waals surface area (Å²) in [7, 11) is 0. The molecule has 1 aliphatic rings. The Labute approximate surface area is 147 Å². The first-order valence-electron chi connectivity index (χ1n) is 7.78. The highest BCUT2D eigenvalue weighted by atomic mass is 35.5. The number of nitro benzene ring substituents is 1. The van der Waals surface area contributed by atoms with Gasteiger partial charge < -0.3 is 4.90 Å². The zero-order valence-electron chi connectivity index (χ0n) is 14.2. The molecular formula is C16H24Cl2N2O3. The van der Waals surface area contributed by atoms with E-state index in [1.54, 1.807) is 13.0 Å². The molecule has 1 aliphatic heterocycles. The van der Waals surface area contributed by atoms with Crippen molar-refractivity contribution in [2.75, 3.05) is 11.4 Å². The molecule has 130 valence electrons.